The first-order chi connectivity index (χ1) is 13.4. The van der Waals surface area contributed by atoms with Crippen LogP contribution in [0.5, 0.6) is 5.75 Å². The highest BCUT2D eigenvalue weighted by atomic mass is 35.5. The number of methoxy groups -OCH3 is 1. The van der Waals surface area contributed by atoms with Gasteiger partial charge in [0.2, 0.25) is 15.9 Å². The largest absolute Gasteiger partial charge is 0.497 e. The van der Waals surface area contributed by atoms with Gasteiger partial charge in [0, 0.05) is 37.6 Å². The number of aryl methyl sites for hydroxylation is 1. The molecule has 1 amide bonds. The van der Waals surface area contributed by atoms with Crippen LogP contribution >= 0.6 is 11.6 Å². The summed E-state index contributed by atoms with van der Waals surface area (Å²) in [6.07, 6.45) is 1.03. The van der Waals surface area contributed by atoms with E-state index in [9.17, 15) is 13.2 Å². The molecule has 28 heavy (non-hydrogen) atoms. The predicted molar refractivity (Wildman–Crippen MR) is 108 cm³/mol. The first kappa shape index (κ1) is 20.6. The number of hydrogen-bond acceptors (Lipinski definition) is 4. The van der Waals surface area contributed by atoms with Crippen molar-refractivity contribution in [2.75, 3.05) is 33.3 Å². The Morgan fingerprint density at radius 1 is 1.00 bits per heavy atom. The Kier molecular flexibility index (Phi) is 6.59. The second-order valence-electron chi connectivity index (χ2n) is 6.59. The molecule has 0 atom stereocenters. The molecule has 1 fully saturated rings. The fraction of sp³-hybridized carbons (Fsp3) is 0.350. The Morgan fingerprint density at radius 3 is 2.18 bits per heavy atom. The minimum Gasteiger partial charge on any atom is -0.497 e. The summed E-state index contributed by atoms with van der Waals surface area (Å²) >= 11 is 5.87. The summed E-state index contributed by atoms with van der Waals surface area (Å²) in [7, 11) is -2.03. The van der Waals surface area contributed by atoms with Gasteiger partial charge >= 0.3 is 0 Å². The van der Waals surface area contributed by atoms with E-state index in [4.69, 9.17) is 16.3 Å². The van der Waals surface area contributed by atoms with Gasteiger partial charge in [-0.25, -0.2) is 8.42 Å². The van der Waals surface area contributed by atoms with E-state index in [-0.39, 0.29) is 10.8 Å². The van der Waals surface area contributed by atoms with Gasteiger partial charge in [-0.2, -0.15) is 4.31 Å². The van der Waals surface area contributed by atoms with E-state index in [1.54, 1.807) is 17.0 Å². The van der Waals surface area contributed by atoms with Crippen molar-refractivity contribution in [3.8, 4) is 5.75 Å². The fourth-order valence-corrected chi connectivity index (χ4v) is 4.68. The summed E-state index contributed by atoms with van der Waals surface area (Å²) in [6, 6.07) is 13.8. The second kappa shape index (κ2) is 8.94. The number of amides is 1. The molecule has 0 aliphatic carbocycles. The highest BCUT2D eigenvalue weighted by Crippen LogP contribution is 2.21. The molecule has 0 radical (unpaired) electrons. The third-order valence-corrected chi connectivity index (χ3v) is 6.99. The molecule has 3 rings (SSSR count). The van der Waals surface area contributed by atoms with E-state index in [1.165, 1.54) is 23.5 Å². The van der Waals surface area contributed by atoms with Crippen molar-refractivity contribution in [2.24, 2.45) is 0 Å². The van der Waals surface area contributed by atoms with Crippen molar-refractivity contribution >= 4 is 27.5 Å². The number of piperazine rings is 1. The average Bonchev–Trinajstić information content (AvgIpc) is 2.73. The van der Waals surface area contributed by atoms with Crippen molar-refractivity contribution in [3.05, 3.63) is 59.1 Å². The lowest BCUT2D eigenvalue weighted by Crippen LogP contribution is -2.50. The molecular weight excluding hydrogens is 400 g/mol. The summed E-state index contributed by atoms with van der Waals surface area (Å²) in [5.74, 6) is 0.645. The SMILES string of the molecule is COc1ccc(S(=O)(=O)N2CCN(C(=O)CCc3ccc(Cl)cc3)CC2)cc1. The minimum absolute atomic E-state index is 0.0384. The molecule has 6 nitrogen and oxygen atoms in total. The summed E-state index contributed by atoms with van der Waals surface area (Å²) < 4.78 is 32.0. The maximum Gasteiger partial charge on any atom is 0.243 e. The molecule has 1 saturated heterocycles. The molecule has 1 heterocycles. The summed E-state index contributed by atoms with van der Waals surface area (Å²) in [6.45, 7) is 1.38. The first-order valence-electron chi connectivity index (χ1n) is 9.06. The molecule has 2 aromatic carbocycles. The van der Waals surface area contributed by atoms with Crippen LogP contribution in [0.15, 0.2) is 53.4 Å². The Bertz CT molecular complexity index is 906. The molecule has 0 spiro atoms. The lowest BCUT2D eigenvalue weighted by molar-refractivity contribution is -0.132. The van der Waals surface area contributed by atoms with Crippen LogP contribution in [0.3, 0.4) is 0 Å². The molecule has 8 heteroatoms. The van der Waals surface area contributed by atoms with Crippen LogP contribution in [0.25, 0.3) is 0 Å². The Morgan fingerprint density at radius 2 is 1.61 bits per heavy atom. The average molecular weight is 423 g/mol. The number of nitrogens with zero attached hydrogens (tertiary/aromatic N) is 2. The van der Waals surface area contributed by atoms with Crippen LogP contribution in [0.4, 0.5) is 0 Å². The topological polar surface area (TPSA) is 66.9 Å². The first-order valence-corrected chi connectivity index (χ1v) is 10.9. The van der Waals surface area contributed by atoms with Gasteiger partial charge in [-0.1, -0.05) is 23.7 Å². The summed E-state index contributed by atoms with van der Waals surface area (Å²) in [5.41, 5.74) is 1.05. The van der Waals surface area contributed by atoms with E-state index in [0.717, 1.165) is 5.56 Å². The molecule has 1 aliphatic heterocycles. The van der Waals surface area contributed by atoms with Gasteiger partial charge < -0.3 is 9.64 Å². The van der Waals surface area contributed by atoms with Crippen molar-refractivity contribution in [3.63, 3.8) is 0 Å². The zero-order valence-electron chi connectivity index (χ0n) is 15.7. The van der Waals surface area contributed by atoms with Gasteiger partial charge in [-0.05, 0) is 48.4 Å². The summed E-state index contributed by atoms with van der Waals surface area (Å²) in [5, 5.41) is 0.671. The number of rotatable bonds is 6. The predicted octanol–water partition coefficient (Wildman–Crippen LogP) is 2.81. The highest BCUT2D eigenvalue weighted by molar-refractivity contribution is 7.89. The quantitative estimate of drug-likeness (QED) is 0.717. The van der Waals surface area contributed by atoms with Crippen LogP contribution in [0, 0.1) is 0 Å². The number of sulfonamides is 1. The van der Waals surface area contributed by atoms with Crippen LogP contribution in [0.2, 0.25) is 5.02 Å². The van der Waals surface area contributed by atoms with E-state index in [1.807, 2.05) is 24.3 Å². The van der Waals surface area contributed by atoms with E-state index < -0.39 is 10.0 Å². The molecular formula is C20H23ClN2O4S. The lowest BCUT2D eigenvalue weighted by atomic mass is 10.1. The Labute approximate surface area is 170 Å². The number of hydrogen-bond donors (Lipinski definition) is 0. The zero-order chi connectivity index (χ0) is 20.1. The van der Waals surface area contributed by atoms with Gasteiger partial charge in [-0.15, -0.1) is 0 Å². The molecule has 0 bridgehead atoms. The van der Waals surface area contributed by atoms with Crippen LogP contribution < -0.4 is 4.74 Å². The zero-order valence-corrected chi connectivity index (χ0v) is 17.2. The normalized spacial score (nSPS) is 15.4. The monoisotopic (exact) mass is 422 g/mol. The number of carbonyl (C=O) groups excluding carboxylic acids is 1. The second-order valence-corrected chi connectivity index (χ2v) is 8.96. The van der Waals surface area contributed by atoms with E-state index >= 15 is 0 Å². The molecule has 0 N–H and O–H groups in total. The van der Waals surface area contributed by atoms with E-state index in [2.05, 4.69) is 0 Å². The van der Waals surface area contributed by atoms with Crippen molar-refractivity contribution in [2.45, 2.75) is 17.7 Å². The number of ether oxygens (including phenoxy) is 1. The Balaban J connectivity index is 1.54. The maximum atomic E-state index is 12.8. The van der Waals surface area contributed by atoms with Crippen molar-refractivity contribution < 1.29 is 17.9 Å². The highest BCUT2D eigenvalue weighted by Gasteiger charge is 2.29. The standard InChI is InChI=1S/C20H23ClN2O4S/c1-27-18-7-9-19(10-8-18)28(25,26)23-14-12-22(13-15-23)20(24)11-4-16-2-5-17(21)6-3-16/h2-3,5-10H,4,11-15H2,1H3. The van der Waals surface area contributed by atoms with Crippen LogP contribution in [0.1, 0.15) is 12.0 Å². The molecule has 150 valence electrons. The molecule has 1 aliphatic rings. The van der Waals surface area contributed by atoms with Gasteiger partial charge in [0.1, 0.15) is 5.75 Å². The lowest BCUT2D eigenvalue weighted by Gasteiger charge is -2.34. The number of carbonyl (C=O) groups is 1. The smallest absolute Gasteiger partial charge is 0.243 e. The van der Waals surface area contributed by atoms with Gasteiger partial charge in [0.05, 0.1) is 12.0 Å². The third-order valence-electron chi connectivity index (χ3n) is 4.83. The van der Waals surface area contributed by atoms with E-state index in [0.29, 0.717) is 49.8 Å². The number of halogens is 1. The molecule has 2 aromatic rings. The van der Waals surface area contributed by atoms with Crippen LogP contribution in [-0.4, -0.2) is 56.8 Å². The van der Waals surface area contributed by atoms with Crippen LogP contribution in [-0.2, 0) is 21.2 Å². The third kappa shape index (κ3) is 4.84. The Hall–Kier alpha value is -2.09. The molecule has 0 aromatic heterocycles. The summed E-state index contributed by atoms with van der Waals surface area (Å²) in [4.78, 5) is 14.4. The maximum absolute atomic E-state index is 12.8. The fourth-order valence-electron chi connectivity index (χ4n) is 3.14. The van der Waals surface area contributed by atoms with Crippen molar-refractivity contribution in [1.29, 1.82) is 0 Å². The van der Waals surface area contributed by atoms with Gasteiger partial charge in [0.25, 0.3) is 0 Å². The molecule has 0 saturated carbocycles. The minimum atomic E-state index is -3.57. The number of benzene rings is 2. The van der Waals surface area contributed by atoms with Crippen molar-refractivity contribution in [1.82, 2.24) is 9.21 Å². The van der Waals surface area contributed by atoms with Gasteiger partial charge in [0.15, 0.2) is 0 Å². The van der Waals surface area contributed by atoms with Gasteiger partial charge in [-0.3, -0.25) is 4.79 Å². The molecule has 0 unspecified atom stereocenters.